The summed E-state index contributed by atoms with van der Waals surface area (Å²) in [6.07, 6.45) is -0.301. The van der Waals surface area contributed by atoms with E-state index >= 15 is 0 Å². The zero-order chi connectivity index (χ0) is 29.7. The molecule has 2 N–H and O–H groups in total. The number of fused-ring (bicyclic) bond motifs is 1. The molecule has 3 aromatic rings. The summed E-state index contributed by atoms with van der Waals surface area (Å²) in [4.78, 5) is 41.3. The molecule has 2 heterocycles. The second-order valence-electron chi connectivity index (χ2n) is 9.86. The van der Waals surface area contributed by atoms with E-state index in [1.54, 1.807) is 6.92 Å². The molecule has 4 rings (SSSR count). The van der Waals surface area contributed by atoms with Crippen LogP contribution in [0.4, 0.5) is 9.80 Å². The van der Waals surface area contributed by atoms with Crippen molar-refractivity contribution in [2.45, 2.75) is 51.2 Å². The lowest BCUT2D eigenvalue weighted by atomic mass is 10.0. The fourth-order valence-corrected chi connectivity index (χ4v) is 7.36. The van der Waals surface area contributed by atoms with E-state index in [4.69, 9.17) is 0 Å². The zero-order valence-corrected chi connectivity index (χ0v) is 25.1. The zero-order valence-electron chi connectivity index (χ0n) is 23.5. The maximum Gasteiger partial charge on any atom is 0.413 e. The highest BCUT2D eigenvalue weighted by atomic mass is 32.2. The molecule has 0 atom stereocenters. The normalized spacial score (nSPS) is 13.6. The predicted octanol–water partition coefficient (Wildman–Crippen LogP) is 4.47. The number of amides is 3. The number of sulfonamides is 1. The number of methoxy groups -OCH3 is 1. The fraction of sp³-hybridized carbons (Fsp3) is 0.345. The van der Waals surface area contributed by atoms with E-state index in [1.807, 2.05) is 30.3 Å². The van der Waals surface area contributed by atoms with E-state index < -0.39 is 27.9 Å². The van der Waals surface area contributed by atoms with Gasteiger partial charge in [0, 0.05) is 42.7 Å². The Morgan fingerprint density at radius 3 is 2.34 bits per heavy atom. The Morgan fingerprint density at radius 2 is 1.73 bits per heavy atom. The third-order valence-electron chi connectivity index (χ3n) is 6.98. The largest absolute Gasteiger partial charge is 0.453 e. The number of carbonyl (C=O) groups excluding carboxylic acids is 3. The number of hydrogen-bond acceptors (Lipinski definition) is 8. The molecule has 12 heteroatoms. The first-order chi connectivity index (χ1) is 19.5. The number of carbonyl (C=O) groups is 3. The Labute approximate surface area is 244 Å². The molecule has 1 aliphatic rings. The highest BCUT2D eigenvalue weighted by Crippen LogP contribution is 2.38. The maximum absolute atomic E-state index is 13.3. The molecule has 0 saturated heterocycles. The molecule has 0 aliphatic carbocycles. The first-order valence-electron chi connectivity index (χ1n) is 13.3. The highest BCUT2D eigenvalue weighted by molar-refractivity contribution is 7.89. The minimum atomic E-state index is -3.79. The van der Waals surface area contributed by atoms with Gasteiger partial charge in [0.1, 0.15) is 5.00 Å². The molecule has 0 saturated carbocycles. The summed E-state index contributed by atoms with van der Waals surface area (Å²) in [7, 11) is -2.63. The Balaban J connectivity index is 1.57. The van der Waals surface area contributed by atoms with Crippen LogP contribution in [0.2, 0.25) is 0 Å². The van der Waals surface area contributed by atoms with Crippen molar-refractivity contribution in [3.63, 3.8) is 0 Å². The lowest BCUT2D eigenvalue weighted by Crippen LogP contribution is -2.36. The summed E-state index contributed by atoms with van der Waals surface area (Å²) in [5, 5.41) is 5.33. The molecule has 1 aromatic heterocycles. The van der Waals surface area contributed by atoms with E-state index in [9.17, 15) is 22.8 Å². The van der Waals surface area contributed by atoms with Crippen LogP contribution in [0.15, 0.2) is 59.5 Å². The van der Waals surface area contributed by atoms with Gasteiger partial charge in [0.25, 0.3) is 11.8 Å². The van der Waals surface area contributed by atoms with Crippen LogP contribution >= 0.6 is 11.3 Å². The van der Waals surface area contributed by atoms with Crippen LogP contribution in [0.5, 0.6) is 0 Å². The Bertz CT molecular complexity index is 1520. The van der Waals surface area contributed by atoms with Gasteiger partial charge in [0.2, 0.25) is 10.0 Å². The third kappa shape index (κ3) is 6.84. The lowest BCUT2D eigenvalue weighted by molar-refractivity contribution is 0.0936. The molecule has 0 fully saturated rings. The van der Waals surface area contributed by atoms with Gasteiger partial charge in [-0.2, -0.15) is 4.31 Å². The van der Waals surface area contributed by atoms with Gasteiger partial charge >= 0.3 is 6.09 Å². The van der Waals surface area contributed by atoms with Crippen molar-refractivity contribution >= 4 is 44.3 Å². The summed E-state index contributed by atoms with van der Waals surface area (Å²) in [6, 6.07) is 15.3. The van der Waals surface area contributed by atoms with Crippen molar-refractivity contribution in [2.75, 3.05) is 25.5 Å². The van der Waals surface area contributed by atoms with Gasteiger partial charge in [-0.25, -0.2) is 13.2 Å². The fourth-order valence-electron chi connectivity index (χ4n) is 4.65. The van der Waals surface area contributed by atoms with Crippen molar-refractivity contribution < 1.29 is 27.5 Å². The van der Waals surface area contributed by atoms with Crippen molar-refractivity contribution in [2.24, 2.45) is 0 Å². The summed E-state index contributed by atoms with van der Waals surface area (Å²) in [6.45, 7) is 7.84. The average Bonchev–Trinajstić information content (AvgIpc) is 3.33. The highest BCUT2D eigenvalue weighted by Gasteiger charge is 2.31. The Morgan fingerprint density at radius 1 is 1.05 bits per heavy atom. The maximum atomic E-state index is 13.3. The lowest BCUT2D eigenvalue weighted by Gasteiger charge is -2.30. The number of nitrogens with zero attached hydrogens (tertiary/aromatic N) is 2. The number of thiophene rings is 1. The molecular weight excluding hydrogens is 564 g/mol. The van der Waals surface area contributed by atoms with Crippen molar-refractivity contribution in [3.05, 3.63) is 81.7 Å². The van der Waals surface area contributed by atoms with Gasteiger partial charge in [-0.15, -0.1) is 11.3 Å². The first kappa shape index (κ1) is 30.4. The minimum absolute atomic E-state index is 0.0744. The second-order valence-corrected chi connectivity index (χ2v) is 12.9. The Hall–Kier alpha value is -3.58. The summed E-state index contributed by atoms with van der Waals surface area (Å²) >= 11 is 1.30. The third-order valence-corrected chi connectivity index (χ3v) is 10.0. The second kappa shape index (κ2) is 12.9. The molecule has 41 heavy (non-hydrogen) atoms. The number of rotatable bonds is 9. The predicted molar refractivity (Wildman–Crippen MR) is 158 cm³/mol. The number of nitrogens with one attached hydrogen (secondary N) is 2. The first-order valence-corrected chi connectivity index (χ1v) is 15.5. The number of anilines is 1. The van der Waals surface area contributed by atoms with Crippen LogP contribution in [-0.4, -0.2) is 61.8 Å². The van der Waals surface area contributed by atoms with Crippen molar-refractivity contribution in [3.8, 4) is 0 Å². The number of benzene rings is 2. The van der Waals surface area contributed by atoms with Crippen molar-refractivity contribution in [1.29, 1.82) is 0 Å². The molecule has 0 spiro atoms. The van der Waals surface area contributed by atoms with Crippen LogP contribution in [0.3, 0.4) is 0 Å². The van der Waals surface area contributed by atoms with Gasteiger partial charge < -0.3 is 10.1 Å². The van der Waals surface area contributed by atoms with E-state index in [1.165, 1.54) is 47.0 Å². The van der Waals surface area contributed by atoms with Gasteiger partial charge in [-0.3, -0.25) is 19.8 Å². The molecule has 218 valence electrons. The van der Waals surface area contributed by atoms with E-state index in [2.05, 4.69) is 34.1 Å². The monoisotopic (exact) mass is 598 g/mol. The van der Waals surface area contributed by atoms with E-state index in [0.29, 0.717) is 24.0 Å². The van der Waals surface area contributed by atoms with Crippen molar-refractivity contribution in [1.82, 2.24) is 14.5 Å². The molecule has 10 nitrogen and oxygen atoms in total. The van der Waals surface area contributed by atoms with Gasteiger partial charge in [0.15, 0.2) is 0 Å². The molecule has 1 aliphatic heterocycles. The Kier molecular flexibility index (Phi) is 9.59. The average molecular weight is 599 g/mol. The minimum Gasteiger partial charge on any atom is -0.453 e. The van der Waals surface area contributed by atoms with Crippen LogP contribution in [0.25, 0.3) is 0 Å². The number of alkyl carbamates (subject to hydrolysis) is 1. The van der Waals surface area contributed by atoms with Crippen LogP contribution in [0, 0.1) is 0 Å². The summed E-state index contributed by atoms with van der Waals surface area (Å²) < 4.78 is 32.6. The smallest absolute Gasteiger partial charge is 0.413 e. The van der Waals surface area contributed by atoms with Gasteiger partial charge in [-0.1, -0.05) is 37.3 Å². The molecule has 0 radical (unpaired) electrons. The molecule has 0 unspecified atom stereocenters. The van der Waals surface area contributed by atoms with Crippen LogP contribution in [-0.2, 0) is 34.3 Å². The SMILES string of the molecule is CCN(Cc1ccccc1)S(=O)(=O)c1ccc(C(=O)Nc2sc3c(c2C(=O)NC(=O)OC)CCN(C(C)C)C3)cc1. The number of imide groups is 1. The standard InChI is InChI=1S/C29H34N4O6S2/c1-5-33(17-20-9-7-6-8-10-20)41(37,38)22-13-11-21(12-14-22)26(34)30-28-25(27(35)31-29(36)39-4)23-15-16-32(19(2)3)18-24(23)40-28/h6-14,19H,5,15-18H2,1-4H3,(H,30,34)(H,31,35,36). The summed E-state index contributed by atoms with van der Waals surface area (Å²) in [5.74, 6) is -1.15. The van der Waals surface area contributed by atoms with Crippen LogP contribution < -0.4 is 10.6 Å². The molecule has 3 amide bonds. The molecule has 2 aromatic carbocycles. The molecular formula is C29H34N4O6S2. The van der Waals surface area contributed by atoms with Gasteiger partial charge in [0.05, 0.1) is 17.6 Å². The van der Waals surface area contributed by atoms with E-state index in [0.717, 1.165) is 22.5 Å². The summed E-state index contributed by atoms with van der Waals surface area (Å²) in [5.41, 5.74) is 2.13. The van der Waals surface area contributed by atoms with E-state index in [-0.39, 0.29) is 29.1 Å². The van der Waals surface area contributed by atoms with Crippen LogP contribution in [0.1, 0.15) is 57.5 Å². The quantitative estimate of drug-likeness (QED) is 0.372. The van der Waals surface area contributed by atoms with Gasteiger partial charge in [-0.05, 0) is 55.7 Å². The topological polar surface area (TPSA) is 125 Å². The number of hydrogen-bond donors (Lipinski definition) is 2. The molecule has 0 bridgehead atoms. The number of ether oxygens (including phenoxy) is 1.